The first-order chi connectivity index (χ1) is 13.0. The van der Waals surface area contributed by atoms with Crippen LogP contribution >= 0.6 is 11.6 Å². The number of amides is 2. The Hall–Kier alpha value is -2.33. The monoisotopic (exact) mass is 386 g/mol. The van der Waals surface area contributed by atoms with Gasteiger partial charge in [-0.05, 0) is 23.5 Å². The summed E-state index contributed by atoms with van der Waals surface area (Å²) in [7, 11) is 0. The number of carbonyl (C=O) groups is 2. The molecule has 2 N–H and O–H groups in total. The Balaban J connectivity index is 1.95. The molecule has 0 aliphatic heterocycles. The molecule has 27 heavy (non-hydrogen) atoms. The van der Waals surface area contributed by atoms with Crippen LogP contribution in [0.5, 0.6) is 0 Å². The van der Waals surface area contributed by atoms with Crippen molar-refractivity contribution in [1.82, 2.24) is 10.6 Å². The molecule has 0 spiro atoms. The van der Waals surface area contributed by atoms with Crippen molar-refractivity contribution in [2.24, 2.45) is 5.92 Å². The molecule has 0 radical (unpaired) electrons. The minimum absolute atomic E-state index is 0.00492. The van der Waals surface area contributed by atoms with Gasteiger partial charge in [-0.15, -0.1) is 11.6 Å². The molecule has 3 unspecified atom stereocenters. The van der Waals surface area contributed by atoms with Crippen molar-refractivity contribution < 1.29 is 9.59 Å². The van der Waals surface area contributed by atoms with Crippen molar-refractivity contribution in [3.8, 4) is 0 Å². The Morgan fingerprint density at radius 1 is 0.963 bits per heavy atom. The van der Waals surface area contributed by atoms with Gasteiger partial charge in [0.25, 0.3) is 0 Å². The van der Waals surface area contributed by atoms with E-state index in [1.54, 1.807) is 12.1 Å². The first-order valence-corrected chi connectivity index (χ1v) is 9.77. The zero-order valence-electron chi connectivity index (χ0n) is 15.8. The summed E-state index contributed by atoms with van der Waals surface area (Å²) < 4.78 is 0. The lowest BCUT2D eigenvalue weighted by Crippen LogP contribution is -2.51. The zero-order valence-corrected chi connectivity index (χ0v) is 16.6. The molecule has 0 aliphatic rings. The number of alkyl halides is 1. The van der Waals surface area contributed by atoms with E-state index in [-0.39, 0.29) is 17.7 Å². The molecule has 0 heterocycles. The molecule has 3 atom stereocenters. The summed E-state index contributed by atoms with van der Waals surface area (Å²) in [5, 5.41) is 4.94. The number of carbonyl (C=O) groups excluding carboxylic acids is 2. The van der Waals surface area contributed by atoms with Gasteiger partial charge in [-0.1, -0.05) is 80.9 Å². The summed E-state index contributed by atoms with van der Waals surface area (Å²) in [5.74, 6) is -0.526. The van der Waals surface area contributed by atoms with E-state index >= 15 is 0 Å². The van der Waals surface area contributed by atoms with Gasteiger partial charge in [0.15, 0.2) is 0 Å². The number of nitrogens with one attached hydrogen (secondary N) is 2. The van der Waals surface area contributed by atoms with Gasteiger partial charge in [0.2, 0.25) is 11.8 Å². The fourth-order valence-corrected chi connectivity index (χ4v) is 2.99. The SMILES string of the molecule is CCC(C)C(NC(=O)C(Cl)c1ccccc1)C(=O)NCCc1ccccc1. The van der Waals surface area contributed by atoms with Crippen LogP contribution in [0, 0.1) is 5.92 Å². The Morgan fingerprint density at radius 3 is 2.15 bits per heavy atom. The maximum absolute atomic E-state index is 12.7. The Kier molecular flexibility index (Phi) is 8.34. The number of rotatable bonds is 9. The second-order valence-corrected chi connectivity index (χ2v) is 7.11. The van der Waals surface area contributed by atoms with Gasteiger partial charge in [-0.2, -0.15) is 0 Å². The number of hydrogen-bond acceptors (Lipinski definition) is 2. The van der Waals surface area contributed by atoms with Crippen LogP contribution in [-0.4, -0.2) is 24.4 Å². The third-order valence-electron chi connectivity index (χ3n) is 4.67. The number of benzene rings is 2. The van der Waals surface area contributed by atoms with Crippen molar-refractivity contribution >= 4 is 23.4 Å². The van der Waals surface area contributed by atoms with Gasteiger partial charge < -0.3 is 10.6 Å². The summed E-state index contributed by atoms with van der Waals surface area (Å²) in [6.07, 6.45) is 1.52. The lowest BCUT2D eigenvalue weighted by molar-refractivity contribution is -0.130. The Bertz CT molecular complexity index is 722. The van der Waals surface area contributed by atoms with Crippen molar-refractivity contribution in [3.63, 3.8) is 0 Å². The molecule has 0 saturated heterocycles. The van der Waals surface area contributed by atoms with Gasteiger partial charge in [-0.3, -0.25) is 9.59 Å². The highest BCUT2D eigenvalue weighted by atomic mass is 35.5. The van der Waals surface area contributed by atoms with Crippen LogP contribution in [0.2, 0.25) is 0 Å². The smallest absolute Gasteiger partial charge is 0.243 e. The molecule has 2 rings (SSSR count). The molecular formula is C22H27ClN2O2. The molecule has 2 aromatic rings. The van der Waals surface area contributed by atoms with E-state index in [2.05, 4.69) is 10.6 Å². The topological polar surface area (TPSA) is 58.2 Å². The number of halogens is 1. The summed E-state index contributed by atoms with van der Waals surface area (Å²) in [6, 6.07) is 18.5. The molecular weight excluding hydrogens is 360 g/mol. The fourth-order valence-electron chi connectivity index (χ4n) is 2.79. The first kappa shape index (κ1) is 21.0. The first-order valence-electron chi connectivity index (χ1n) is 9.34. The van der Waals surface area contributed by atoms with Gasteiger partial charge in [0.1, 0.15) is 11.4 Å². The van der Waals surface area contributed by atoms with Gasteiger partial charge in [0.05, 0.1) is 0 Å². The average Bonchev–Trinajstić information content (AvgIpc) is 2.72. The van der Waals surface area contributed by atoms with E-state index in [0.717, 1.165) is 18.4 Å². The van der Waals surface area contributed by atoms with Crippen molar-refractivity contribution in [1.29, 1.82) is 0 Å². The lowest BCUT2D eigenvalue weighted by atomic mass is 9.97. The second-order valence-electron chi connectivity index (χ2n) is 6.67. The highest BCUT2D eigenvalue weighted by Gasteiger charge is 2.28. The molecule has 0 aliphatic carbocycles. The molecule has 5 heteroatoms. The lowest BCUT2D eigenvalue weighted by Gasteiger charge is -2.24. The standard InChI is InChI=1S/C22H27ClN2O2/c1-3-16(2)20(22(27)24-15-14-17-10-6-4-7-11-17)25-21(26)19(23)18-12-8-5-9-13-18/h4-13,16,19-20H,3,14-15H2,1-2H3,(H,24,27)(H,25,26). The molecule has 2 aromatic carbocycles. The normalized spacial score (nSPS) is 14.0. The molecule has 2 amide bonds. The van der Waals surface area contributed by atoms with Crippen LogP contribution in [0.4, 0.5) is 0 Å². The van der Waals surface area contributed by atoms with E-state index in [0.29, 0.717) is 12.1 Å². The second kappa shape index (κ2) is 10.7. The molecule has 0 bridgehead atoms. The zero-order chi connectivity index (χ0) is 19.6. The molecule has 0 saturated carbocycles. The van der Waals surface area contributed by atoms with Crippen LogP contribution in [0.25, 0.3) is 0 Å². The van der Waals surface area contributed by atoms with E-state index < -0.39 is 11.4 Å². The van der Waals surface area contributed by atoms with Gasteiger partial charge >= 0.3 is 0 Å². The van der Waals surface area contributed by atoms with Crippen LogP contribution in [0.1, 0.15) is 36.8 Å². The van der Waals surface area contributed by atoms with Crippen molar-refractivity contribution in [2.45, 2.75) is 38.1 Å². The summed E-state index contributed by atoms with van der Waals surface area (Å²) in [5.41, 5.74) is 1.87. The predicted molar refractivity (Wildman–Crippen MR) is 110 cm³/mol. The summed E-state index contributed by atoms with van der Waals surface area (Å²) in [6.45, 7) is 4.47. The van der Waals surface area contributed by atoms with E-state index in [9.17, 15) is 9.59 Å². The fraction of sp³-hybridized carbons (Fsp3) is 0.364. The quantitative estimate of drug-likeness (QED) is 0.643. The maximum atomic E-state index is 12.7. The molecule has 144 valence electrons. The summed E-state index contributed by atoms with van der Waals surface area (Å²) >= 11 is 6.29. The average molecular weight is 387 g/mol. The molecule has 0 fully saturated rings. The summed E-state index contributed by atoms with van der Waals surface area (Å²) in [4.78, 5) is 25.2. The van der Waals surface area contributed by atoms with Crippen LogP contribution in [0.3, 0.4) is 0 Å². The minimum Gasteiger partial charge on any atom is -0.354 e. The highest BCUT2D eigenvalue weighted by Crippen LogP contribution is 2.21. The third kappa shape index (κ3) is 6.40. The predicted octanol–water partition coefficient (Wildman–Crippen LogP) is 3.86. The third-order valence-corrected chi connectivity index (χ3v) is 5.12. The van der Waals surface area contributed by atoms with Crippen molar-refractivity contribution in [2.75, 3.05) is 6.54 Å². The highest BCUT2D eigenvalue weighted by molar-refractivity contribution is 6.30. The van der Waals surface area contributed by atoms with Crippen LogP contribution in [-0.2, 0) is 16.0 Å². The van der Waals surface area contributed by atoms with E-state index in [1.807, 2.05) is 62.4 Å². The van der Waals surface area contributed by atoms with E-state index in [1.165, 1.54) is 0 Å². The molecule has 0 aromatic heterocycles. The van der Waals surface area contributed by atoms with Crippen LogP contribution in [0.15, 0.2) is 60.7 Å². The Labute approximate surface area is 166 Å². The molecule has 4 nitrogen and oxygen atoms in total. The minimum atomic E-state index is -0.824. The van der Waals surface area contributed by atoms with Crippen LogP contribution < -0.4 is 10.6 Å². The van der Waals surface area contributed by atoms with Gasteiger partial charge in [0, 0.05) is 6.54 Å². The Morgan fingerprint density at radius 2 is 1.56 bits per heavy atom. The maximum Gasteiger partial charge on any atom is 0.243 e. The van der Waals surface area contributed by atoms with Gasteiger partial charge in [-0.25, -0.2) is 0 Å². The number of hydrogen-bond donors (Lipinski definition) is 2. The van der Waals surface area contributed by atoms with Crippen molar-refractivity contribution in [3.05, 3.63) is 71.8 Å². The van der Waals surface area contributed by atoms with E-state index in [4.69, 9.17) is 11.6 Å². The largest absolute Gasteiger partial charge is 0.354 e.